The molecular weight excluding hydrogens is 234 g/mol. The highest BCUT2D eigenvalue weighted by Crippen LogP contribution is 2.27. The maximum atomic E-state index is 10.5. The SMILES string of the molecule is Cc1cc(C)c(CNCC2(O)CCCCC2)cc1C. The van der Waals surface area contributed by atoms with Crippen molar-refractivity contribution in [3.63, 3.8) is 0 Å². The smallest absolute Gasteiger partial charge is 0.0771 e. The minimum absolute atomic E-state index is 0.466. The minimum Gasteiger partial charge on any atom is -0.389 e. The van der Waals surface area contributed by atoms with Gasteiger partial charge in [0.05, 0.1) is 5.60 Å². The molecule has 1 aromatic rings. The van der Waals surface area contributed by atoms with Crippen LogP contribution in [0.1, 0.15) is 54.4 Å². The molecule has 0 spiro atoms. The van der Waals surface area contributed by atoms with Gasteiger partial charge in [0.15, 0.2) is 0 Å². The molecule has 2 N–H and O–H groups in total. The molecule has 0 radical (unpaired) electrons. The molecule has 0 unspecified atom stereocenters. The van der Waals surface area contributed by atoms with Gasteiger partial charge < -0.3 is 10.4 Å². The van der Waals surface area contributed by atoms with Gasteiger partial charge in [-0.2, -0.15) is 0 Å². The first kappa shape index (κ1) is 14.5. The van der Waals surface area contributed by atoms with Gasteiger partial charge in [-0.1, -0.05) is 31.4 Å². The summed E-state index contributed by atoms with van der Waals surface area (Å²) in [5, 5.41) is 13.9. The van der Waals surface area contributed by atoms with Gasteiger partial charge in [0.1, 0.15) is 0 Å². The Morgan fingerprint density at radius 3 is 2.32 bits per heavy atom. The van der Waals surface area contributed by atoms with E-state index in [1.165, 1.54) is 41.5 Å². The lowest BCUT2D eigenvalue weighted by Crippen LogP contribution is -2.41. The lowest BCUT2D eigenvalue weighted by Gasteiger charge is -2.32. The predicted molar refractivity (Wildman–Crippen MR) is 80.4 cm³/mol. The molecule has 0 saturated heterocycles. The van der Waals surface area contributed by atoms with Crippen molar-refractivity contribution in [3.8, 4) is 0 Å². The minimum atomic E-state index is -0.466. The predicted octanol–water partition coefficient (Wildman–Crippen LogP) is 3.40. The van der Waals surface area contributed by atoms with Gasteiger partial charge in [-0.15, -0.1) is 0 Å². The Balaban J connectivity index is 1.90. The van der Waals surface area contributed by atoms with Crippen LogP contribution < -0.4 is 5.32 Å². The molecule has 106 valence electrons. The zero-order valence-electron chi connectivity index (χ0n) is 12.6. The molecule has 2 heteroatoms. The molecule has 0 bridgehead atoms. The second-order valence-electron chi connectivity index (χ2n) is 6.25. The lowest BCUT2D eigenvalue weighted by atomic mass is 9.85. The van der Waals surface area contributed by atoms with Gasteiger partial charge >= 0.3 is 0 Å². The van der Waals surface area contributed by atoms with Crippen molar-refractivity contribution in [1.29, 1.82) is 0 Å². The summed E-state index contributed by atoms with van der Waals surface area (Å²) in [4.78, 5) is 0. The van der Waals surface area contributed by atoms with Crippen LogP contribution in [-0.2, 0) is 6.54 Å². The van der Waals surface area contributed by atoms with Crippen LogP contribution in [-0.4, -0.2) is 17.3 Å². The summed E-state index contributed by atoms with van der Waals surface area (Å²) in [5.41, 5.74) is 4.92. The Morgan fingerprint density at radius 1 is 1.00 bits per heavy atom. The van der Waals surface area contributed by atoms with Crippen molar-refractivity contribution < 1.29 is 5.11 Å². The van der Waals surface area contributed by atoms with Gasteiger partial charge in [-0.05, 0) is 55.9 Å². The Hall–Kier alpha value is -0.860. The molecule has 0 heterocycles. The number of benzene rings is 1. The summed E-state index contributed by atoms with van der Waals surface area (Å²) in [7, 11) is 0. The van der Waals surface area contributed by atoms with Crippen LogP contribution in [0.5, 0.6) is 0 Å². The van der Waals surface area contributed by atoms with E-state index < -0.39 is 5.60 Å². The van der Waals surface area contributed by atoms with E-state index in [-0.39, 0.29) is 0 Å². The first-order valence-corrected chi connectivity index (χ1v) is 7.50. The second kappa shape index (κ2) is 6.06. The fourth-order valence-electron chi connectivity index (χ4n) is 3.03. The van der Waals surface area contributed by atoms with E-state index in [9.17, 15) is 5.11 Å². The largest absolute Gasteiger partial charge is 0.389 e. The van der Waals surface area contributed by atoms with Gasteiger partial charge in [0, 0.05) is 13.1 Å². The molecule has 1 saturated carbocycles. The zero-order chi connectivity index (χ0) is 13.9. The third-order valence-electron chi connectivity index (χ3n) is 4.51. The fourth-order valence-corrected chi connectivity index (χ4v) is 3.03. The van der Waals surface area contributed by atoms with Gasteiger partial charge in [0.25, 0.3) is 0 Å². The number of aryl methyl sites for hydroxylation is 3. The number of aliphatic hydroxyl groups is 1. The molecule has 1 aliphatic rings. The standard InChI is InChI=1S/C17H27NO/c1-13-9-15(3)16(10-14(13)2)11-18-12-17(19)7-5-4-6-8-17/h9-10,18-19H,4-8,11-12H2,1-3H3. The van der Waals surface area contributed by atoms with Crippen LogP contribution in [0.25, 0.3) is 0 Å². The molecule has 0 aromatic heterocycles. The summed E-state index contributed by atoms with van der Waals surface area (Å²) in [5.74, 6) is 0. The van der Waals surface area contributed by atoms with Crippen molar-refractivity contribution in [2.45, 2.75) is 65.0 Å². The Morgan fingerprint density at radius 2 is 1.63 bits per heavy atom. The number of nitrogens with one attached hydrogen (secondary N) is 1. The highest BCUT2D eigenvalue weighted by Gasteiger charge is 2.28. The maximum absolute atomic E-state index is 10.5. The van der Waals surface area contributed by atoms with Crippen molar-refractivity contribution in [2.24, 2.45) is 0 Å². The Bertz CT molecular complexity index is 433. The van der Waals surface area contributed by atoms with Gasteiger partial charge in [0.2, 0.25) is 0 Å². The van der Waals surface area contributed by atoms with Crippen LogP contribution in [0, 0.1) is 20.8 Å². The highest BCUT2D eigenvalue weighted by molar-refractivity contribution is 5.36. The van der Waals surface area contributed by atoms with E-state index in [0.717, 1.165) is 25.9 Å². The van der Waals surface area contributed by atoms with E-state index in [0.29, 0.717) is 0 Å². The zero-order valence-corrected chi connectivity index (χ0v) is 12.6. The Kier molecular flexibility index (Phi) is 4.64. The molecule has 19 heavy (non-hydrogen) atoms. The van der Waals surface area contributed by atoms with Crippen molar-refractivity contribution in [1.82, 2.24) is 5.32 Å². The monoisotopic (exact) mass is 261 g/mol. The van der Waals surface area contributed by atoms with E-state index >= 15 is 0 Å². The molecule has 1 aliphatic carbocycles. The van der Waals surface area contributed by atoms with Crippen molar-refractivity contribution in [3.05, 3.63) is 34.4 Å². The molecule has 0 aliphatic heterocycles. The van der Waals surface area contributed by atoms with Crippen LogP contribution in [0.15, 0.2) is 12.1 Å². The molecule has 0 amide bonds. The second-order valence-corrected chi connectivity index (χ2v) is 6.25. The quantitative estimate of drug-likeness (QED) is 0.870. The average molecular weight is 261 g/mol. The van der Waals surface area contributed by atoms with Crippen LogP contribution in [0.4, 0.5) is 0 Å². The first-order chi connectivity index (χ1) is 9.00. The molecule has 1 fully saturated rings. The summed E-state index contributed by atoms with van der Waals surface area (Å²) in [6.45, 7) is 8.06. The molecule has 0 atom stereocenters. The fraction of sp³-hybridized carbons (Fsp3) is 0.647. The Labute approximate surface area is 117 Å². The summed E-state index contributed by atoms with van der Waals surface area (Å²) >= 11 is 0. The van der Waals surface area contributed by atoms with E-state index in [2.05, 4.69) is 38.2 Å². The highest BCUT2D eigenvalue weighted by atomic mass is 16.3. The molecule has 2 rings (SSSR count). The summed E-state index contributed by atoms with van der Waals surface area (Å²) < 4.78 is 0. The molecule has 1 aromatic carbocycles. The first-order valence-electron chi connectivity index (χ1n) is 7.50. The number of hydrogen-bond donors (Lipinski definition) is 2. The van der Waals surface area contributed by atoms with Crippen LogP contribution >= 0.6 is 0 Å². The normalized spacial score (nSPS) is 18.5. The third-order valence-corrected chi connectivity index (χ3v) is 4.51. The number of rotatable bonds is 4. The van der Waals surface area contributed by atoms with Crippen LogP contribution in [0.3, 0.4) is 0 Å². The van der Waals surface area contributed by atoms with Crippen LogP contribution in [0.2, 0.25) is 0 Å². The third kappa shape index (κ3) is 3.80. The summed E-state index contributed by atoms with van der Waals surface area (Å²) in [6.07, 6.45) is 5.51. The average Bonchev–Trinajstić information content (AvgIpc) is 2.36. The maximum Gasteiger partial charge on any atom is 0.0771 e. The molecule has 2 nitrogen and oxygen atoms in total. The topological polar surface area (TPSA) is 32.3 Å². The lowest BCUT2D eigenvalue weighted by molar-refractivity contribution is 0.00466. The van der Waals surface area contributed by atoms with Crippen molar-refractivity contribution >= 4 is 0 Å². The number of hydrogen-bond acceptors (Lipinski definition) is 2. The van der Waals surface area contributed by atoms with E-state index in [1.54, 1.807) is 0 Å². The summed E-state index contributed by atoms with van der Waals surface area (Å²) in [6, 6.07) is 4.52. The molecular formula is C17H27NO. The van der Waals surface area contributed by atoms with Gasteiger partial charge in [-0.25, -0.2) is 0 Å². The van der Waals surface area contributed by atoms with Gasteiger partial charge in [-0.3, -0.25) is 0 Å². The van der Waals surface area contributed by atoms with Crippen molar-refractivity contribution in [2.75, 3.05) is 6.54 Å². The van der Waals surface area contributed by atoms with E-state index in [4.69, 9.17) is 0 Å². The van der Waals surface area contributed by atoms with E-state index in [1.807, 2.05) is 0 Å².